The van der Waals surface area contributed by atoms with Gasteiger partial charge in [0.1, 0.15) is 0 Å². The Morgan fingerprint density at radius 3 is 1.76 bits per heavy atom. The molecule has 0 aliphatic carbocycles. The van der Waals surface area contributed by atoms with Crippen LogP contribution in [0.25, 0.3) is 0 Å². The summed E-state index contributed by atoms with van der Waals surface area (Å²) in [6.07, 6.45) is -9.32. The van der Waals surface area contributed by atoms with Crippen molar-refractivity contribution in [2.24, 2.45) is 0 Å². The third-order valence-corrected chi connectivity index (χ3v) is 10.2. The van der Waals surface area contributed by atoms with E-state index in [1.807, 2.05) is 30.3 Å². The van der Waals surface area contributed by atoms with Gasteiger partial charge in [-0.25, -0.2) is 0 Å². The molecule has 1 atom stereocenters. The number of ether oxygens (including phenoxy) is 1. The van der Waals surface area contributed by atoms with Gasteiger partial charge in [-0.15, -0.1) is 0 Å². The molecular formula is C24H16F6OSe2. The van der Waals surface area contributed by atoms with Gasteiger partial charge in [-0.1, -0.05) is 0 Å². The summed E-state index contributed by atoms with van der Waals surface area (Å²) in [5.41, 5.74) is -0.565. The van der Waals surface area contributed by atoms with Gasteiger partial charge in [-0.2, -0.15) is 0 Å². The first kappa shape index (κ1) is 24.1. The van der Waals surface area contributed by atoms with Crippen molar-refractivity contribution in [2.75, 3.05) is 6.61 Å². The van der Waals surface area contributed by atoms with Crippen molar-refractivity contribution in [3.63, 3.8) is 0 Å². The van der Waals surface area contributed by atoms with Crippen LogP contribution in [0, 0.1) is 0 Å². The molecule has 0 fully saturated rings. The summed E-state index contributed by atoms with van der Waals surface area (Å²) in [5, 5.41) is 0. The fourth-order valence-corrected chi connectivity index (χ4v) is 8.41. The first-order valence-electron chi connectivity index (χ1n) is 9.71. The molecule has 1 aliphatic heterocycles. The fraction of sp³-hybridized carbons (Fsp3) is 0.167. The van der Waals surface area contributed by atoms with Crippen molar-refractivity contribution in [3.8, 4) is 0 Å². The Morgan fingerprint density at radius 1 is 0.667 bits per heavy atom. The van der Waals surface area contributed by atoms with Crippen LogP contribution in [0.15, 0.2) is 87.8 Å². The number of rotatable bonds is 5. The van der Waals surface area contributed by atoms with Gasteiger partial charge in [0.15, 0.2) is 0 Å². The second-order valence-corrected chi connectivity index (χ2v) is 11.9. The van der Waals surface area contributed by atoms with Crippen molar-refractivity contribution in [2.45, 2.75) is 18.5 Å². The van der Waals surface area contributed by atoms with Gasteiger partial charge in [0.25, 0.3) is 0 Å². The normalized spacial score (nSPS) is 17.0. The maximum absolute atomic E-state index is 13.2. The van der Waals surface area contributed by atoms with Crippen molar-refractivity contribution in [1.82, 2.24) is 0 Å². The summed E-state index contributed by atoms with van der Waals surface area (Å²) < 4.78 is 87.9. The number of hydrogen-bond donors (Lipinski definition) is 0. The van der Waals surface area contributed by atoms with Gasteiger partial charge in [0, 0.05) is 0 Å². The Balaban J connectivity index is 1.71. The van der Waals surface area contributed by atoms with E-state index in [4.69, 9.17) is 4.74 Å². The molecule has 1 nitrogen and oxygen atoms in total. The van der Waals surface area contributed by atoms with E-state index in [9.17, 15) is 26.3 Å². The van der Waals surface area contributed by atoms with Crippen molar-refractivity contribution < 1.29 is 31.1 Å². The molecule has 1 unspecified atom stereocenters. The van der Waals surface area contributed by atoms with E-state index in [-0.39, 0.29) is 6.61 Å². The van der Waals surface area contributed by atoms with Gasteiger partial charge >= 0.3 is 199 Å². The first-order valence-corrected chi connectivity index (χ1v) is 13.1. The zero-order valence-corrected chi connectivity index (χ0v) is 20.2. The van der Waals surface area contributed by atoms with E-state index < -0.39 is 59.5 Å². The third kappa shape index (κ3) is 5.92. The van der Waals surface area contributed by atoms with Gasteiger partial charge in [0.05, 0.1) is 0 Å². The summed E-state index contributed by atoms with van der Waals surface area (Å²) in [6, 6.07) is 19.7. The van der Waals surface area contributed by atoms with E-state index >= 15 is 0 Å². The Morgan fingerprint density at radius 2 is 1.21 bits per heavy atom. The summed E-state index contributed by atoms with van der Waals surface area (Å²) in [5.74, 6) is 0. The second-order valence-electron chi connectivity index (χ2n) is 7.14. The summed E-state index contributed by atoms with van der Waals surface area (Å²) >= 11 is -0.944. The number of alkyl halides is 6. The van der Waals surface area contributed by atoms with E-state index in [0.29, 0.717) is 8.92 Å². The Hall–Kier alpha value is -2.02. The van der Waals surface area contributed by atoms with Gasteiger partial charge < -0.3 is 0 Å². The molecule has 0 radical (unpaired) electrons. The van der Waals surface area contributed by atoms with Crippen LogP contribution in [0.1, 0.15) is 22.8 Å². The molecule has 0 N–H and O–H groups in total. The Kier molecular flexibility index (Phi) is 7.08. The second kappa shape index (κ2) is 9.69. The van der Waals surface area contributed by atoms with E-state index in [1.54, 1.807) is 12.1 Å². The zero-order valence-electron chi connectivity index (χ0n) is 16.8. The SMILES string of the molecule is FC(F)(F)c1cccc([Se]C2=C([Se]c3cccc(C(F)(F)F)c3)C(c3ccccc3)OC2)c1. The molecule has 0 bridgehead atoms. The van der Waals surface area contributed by atoms with Crippen LogP contribution in [-0.4, -0.2) is 36.5 Å². The predicted octanol–water partition coefficient (Wildman–Crippen LogP) is 5.07. The molecule has 0 saturated heterocycles. The maximum atomic E-state index is 13.2. The number of hydrogen-bond acceptors (Lipinski definition) is 1. The van der Waals surface area contributed by atoms with Gasteiger partial charge in [0.2, 0.25) is 0 Å². The molecule has 3 aromatic rings. The summed E-state index contributed by atoms with van der Waals surface area (Å²) in [7, 11) is 0. The summed E-state index contributed by atoms with van der Waals surface area (Å²) in [4.78, 5) is 0. The summed E-state index contributed by atoms with van der Waals surface area (Å²) in [6.45, 7) is 0.242. The minimum absolute atomic E-state index is 0.242. The molecular weight excluding hydrogens is 576 g/mol. The molecule has 33 heavy (non-hydrogen) atoms. The van der Waals surface area contributed by atoms with E-state index in [2.05, 4.69) is 0 Å². The average molecular weight is 592 g/mol. The molecule has 1 aliphatic rings. The molecule has 0 spiro atoms. The Bertz CT molecular complexity index is 1160. The molecule has 9 heteroatoms. The molecule has 0 aromatic heterocycles. The predicted molar refractivity (Wildman–Crippen MR) is 116 cm³/mol. The molecule has 3 aromatic carbocycles. The molecule has 0 saturated carbocycles. The van der Waals surface area contributed by atoms with Crippen molar-refractivity contribution in [3.05, 3.63) is 104 Å². The average Bonchev–Trinajstić information content (AvgIpc) is 3.15. The minimum atomic E-state index is -4.45. The molecule has 1 heterocycles. The standard InChI is InChI=1S/C24H16F6OSe2/c25-23(26,27)16-8-4-10-18(12-16)32-20-14-31-21(15-6-2-1-3-7-15)22(20)33-19-11-5-9-17(13-19)24(28,29)30/h1-13,21H,14H2. The van der Waals surface area contributed by atoms with Crippen LogP contribution in [0.3, 0.4) is 0 Å². The van der Waals surface area contributed by atoms with Crippen molar-refractivity contribution >= 4 is 38.8 Å². The van der Waals surface area contributed by atoms with Crippen LogP contribution in [0.2, 0.25) is 0 Å². The van der Waals surface area contributed by atoms with Crippen LogP contribution in [0.4, 0.5) is 26.3 Å². The quantitative estimate of drug-likeness (QED) is 0.297. The topological polar surface area (TPSA) is 9.23 Å². The molecule has 0 amide bonds. The van der Waals surface area contributed by atoms with Crippen LogP contribution < -0.4 is 8.92 Å². The molecule has 172 valence electrons. The number of halogens is 6. The van der Waals surface area contributed by atoms with Crippen LogP contribution >= 0.6 is 0 Å². The van der Waals surface area contributed by atoms with Crippen LogP contribution in [0.5, 0.6) is 0 Å². The fourth-order valence-electron chi connectivity index (χ4n) is 3.26. The number of benzene rings is 3. The van der Waals surface area contributed by atoms with E-state index in [0.717, 1.165) is 38.8 Å². The Labute approximate surface area is 199 Å². The zero-order chi connectivity index (χ0) is 23.6. The van der Waals surface area contributed by atoms with Gasteiger partial charge in [-0.05, 0) is 0 Å². The third-order valence-electron chi connectivity index (χ3n) is 4.79. The van der Waals surface area contributed by atoms with Crippen molar-refractivity contribution in [1.29, 1.82) is 0 Å². The monoisotopic (exact) mass is 594 g/mol. The molecule has 4 rings (SSSR count). The van der Waals surface area contributed by atoms with E-state index in [1.165, 1.54) is 12.1 Å². The first-order chi connectivity index (χ1) is 15.6. The van der Waals surface area contributed by atoms with Crippen LogP contribution in [-0.2, 0) is 17.1 Å². The van der Waals surface area contributed by atoms with Gasteiger partial charge in [-0.3, -0.25) is 0 Å².